The number of nitrogens with zero attached hydrogens (tertiary/aromatic N) is 1. The van der Waals surface area contributed by atoms with E-state index in [4.69, 9.17) is 11.6 Å². The van der Waals surface area contributed by atoms with Gasteiger partial charge in [0.1, 0.15) is 5.84 Å². The Morgan fingerprint density at radius 3 is 3.11 bits per heavy atom. The van der Waals surface area contributed by atoms with E-state index >= 15 is 0 Å². The Kier molecular flexibility index (Phi) is 3.22. The van der Waals surface area contributed by atoms with Crippen molar-refractivity contribution in [1.29, 1.82) is 0 Å². The van der Waals surface area contributed by atoms with Crippen LogP contribution in [-0.2, 0) is 4.79 Å². The molecular weight excluding hydrogens is 260 g/mol. The molecule has 1 aromatic rings. The van der Waals surface area contributed by atoms with E-state index in [0.29, 0.717) is 6.42 Å². The minimum atomic E-state index is -0.213. The van der Waals surface area contributed by atoms with E-state index in [1.807, 2.05) is 42.6 Å². The van der Waals surface area contributed by atoms with Crippen molar-refractivity contribution in [1.82, 2.24) is 5.32 Å². The number of amidine groups is 1. The monoisotopic (exact) mass is 272 g/mol. The second-order valence-corrected chi connectivity index (χ2v) is 4.84. The number of hydrogen-bond donors (Lipinski definition) is 1. The molecule has 0 aliphatic carbocycles. The second-order valence-electron chi connectivity index (χ2n) is 4.57. The molecule has 1 atom stereocenters. The van der Waals surface area contributed by atoms with Gasteiger partial charge < -0.3 is 5.32 Å². The summed E-state index contributed by atoms with van der Waals surface area (Å²) < 4.78 is 0. The standard InChI is InChI=1S/C15H13ClN2O/c16-9-14(19)12-8-10-4-3-7-17-15(10)18-13-6-2-1-5-11(12)13/h1-7,12H,8-9H2,(H,17,18). The van der Waals surface area contributed by atoms with Gasteiger partial charge in [-0.15, -0.1) is 11.6 Å². The number of Topliss-reactive ketones (excluding diaryl/α,β-unsaturated/α-hetero) is 1. The van der Waals surface area contributed by atoms with Gasteiger partial charge in [0.25, 0.3) is 0 Å². The van der Waals surface area contributed by atoms with Crippen LogP contribution in [0.25, 0.3) is 0 Å². The van der Waals surface area contributed by atoms with E-state index in [-0.39, 0.29) is 17.6 Å². The number of dihydropyridines is 1. The number of halogens is 1. The van der Waals surface area contributed by atoms with Crippen molar-refractivity contribution in [2.45, 2.75) is 12.3 Å². The number of fused-ring (bicyclic) bond motifs is 2. The molecule has 3 nitrogen and oxygen atoms in total. The minimum absolute atomic E-state index is 0.0326. The minimum Gasteiger partial charge on any atom is -0.346 e. The average Bonchev–Trinajstić information content (AvgIpc) is 2.62. The van der Waals surface area contributed by atoms with Crippen LogP contribution in [0.5, 0.6) is 0 Å². The Labute approximate surface area is 116 Å². The zero-order chi connectivity index (χ0) is 13.2. The van der Waals surface area contributed by atoms with Crippen molar-refractivity contribution < 1.29 is 4.79 Å². The molecule has 0 saturated heterocycles. The summed E-state index contributed by atoms with van der Waals surface area (Å²) in [7, 11) is 0. The van der Waals surface area contributed by atoms with Crippen molar-refractivity contribution in [2.75, 3.05) is 5.88 Å². The molecule has 0 radical (unpaired) electrons. The summed E-state index contributed by atoms with van der Waals surface area (Å²) in [5, 5.41) is 3.14. The van der Waals surface area contributed by atoms with Crippen LogP contribution in [0.15, 0.2) is 53.2 Å². The molecule has 96 valence electrons. The molecule has 2 aliphatic heterocycles. The van der Waals surface area contributed by atoms with Gasteiger partial charge in [0.05, 0.1) is 17.5 Å². The number of benzene rings is 1. The normalized spacial score (nSPS) is 20.4. The Balaban J connectivity index is 2.13. The van der Waals surface area contributed by atoms with E-state index in [0.717, 1.165) is 22.7 Å². The van der Waals surface area contributed by atoms with Crippen LogP contribution in [0.3, 0.4) is 0 Å². The smallest absolute Gasteiger partial charge is 0.155 e. The molecule has 0 amide bonds. The van der Waals surface area contributed by atoms with Crippen LogP contribution in [-0.4, -0.2) is 17.5 Å². The second kappa shape index (κ2) is 5.02. The van der Waals surface area contributed by atoms with Crippen LogP contribution >= 0.6 is 11.6 Å². The van der Waals surface area contributed by atoms with Crippen LogP contribution in [0, 0.1) is 0 Å². The highest BCUT2D eigenvalue weighted by molar-refractivity contribution is 6.28. The lowest BCUT2D eigenvalue weighted by molar-refractivity contribution is -0.118. The fraction of sp³-hybridized carbons (Fsp3) is 0.200. The number of ketones is 1. The molecule has 0 spiro atoms. The van der Waals surface area contributed by atoms with Gasteiger partial charge >= 0.3 is 0 Å². The number of aliphatic imine (C=N–C) groups is 1. The third-order valence-electron chi connectivity index (χ3n) is 3.41. The van der Waals surface area contributed by atoms with Gasteiger partial charge in [0, 0.05) is 6.20 Å². The third-order valence-corrected chi connectivity index (χ3v) is 3.67. The van der Waals surface area contributed by atoms with E-state index in [1.54, 1.807) is 0 Å². The predicted octanol–water partition coefficient (Wildman–Crippen LogP) is 3.06. The van der Waals surface area contributed by atoms with Crippen LogP contribution < -0.4 is 5.32 Å². The average molecular weight is 273 g/mol. The number of alkyl halides is 1. The Morgan fingerprint density at radius 2 is 2.26 bits per heavy atom. The first-order chi connectivity index (χ1) is 9.29. The zero-order valence-corrected chi connectivity index (χ0v) is 11.0. The Morgan fingerprint density at radius 1 is 1.42 bits per heavy atom. The summed E-state index contributed by atoms with van der Waals surface area (Å²) in [5.41, 5.74) is 2.84. The maximum absolute atomic E-state index is 12.1. The molecule has 0 bridgehead atoms. The fourth-order valence-corrected chi connectivity index (χ4v) is 2.63. The summed E-state index contributed by atoms with van der Waals surface area (Å²) in [6.45, 7) is 0. The van der Waals surface area contributed by atoms with E-state index in [2.05, 4.69) is 10.3 Å². The number of allylic oxidation sites excluding steroid dienone is 2. The van der Waals surface area contributed by atoms with E-state index in [9.17, 15) is 4.79 Å². The molecule has 4 heteroatoms. The Hall–Kier alpha value is -1.87. The largest absolute Gasteiger partial charge is 0.346 e. The van der Waals surface area contributed by atoms with Gasteiger partial charge in [-0.1, -0.05) is 24.3 Å². The van der Waals surface area contributed by atoms with E-state index < -0.39 is 0 Å². The van der Waals surface area contributed by atoms with Gasteiger partial charge in [-0.2, -0.15) is 0 Å². The SMILES string of the molecule is O=C(CCl)C1CC2=CC=CNC2=Nc2ccccc21. The fourth-order valence-electron chi connectivity index (χ4n) is 2.45. The summed E-state index contributed by atoms with van der Waals surface area (Å²) in [6, 6.07) is 7.75. The lowest BCUT2D eigenvalue weighted by Crippen LogP contribution is -2.23. The Bertz CT molecular complexity index is 616. The summed E-state index contributed by atoms with van der Waals surface area (Å²) in [4.78, 5) is 16.7. The molecule has 1 aromatic carbocycles. The van der Waals surface area contributed by atoms with Gasteiger partial charge in [0.2, 0.25) is 0 Å². The summed E-state index contributed by atoms with van der Waals surface area (Å²) in [6.07, 6.45) is 6.40. The molecule has 2 heterocycles. The number of nitrogens with one attached hydrogen (secondary N) is 1. The van der Waals surface area contributed by atoms with Gasteiger partial charge in [0.15, 0.2) is 5.78 Å². The van der Waals surface area contributed by atoms with Gasteiger partial charge in [-0.25, -0.2) is 4.99 Å². The predicted molar refractivity (Wildman–Crippen MR) is 77.0 cm³/mol. The van der Waals surface area contributed by atoms with Crippen molar-refractivity contribution in [3.63, 3.8) is 0 Å². The molecule has 0 saturated carbocycles. The van der Waals surface area contributed by atoms with Crippen molar-refractivity contribution in [3.05, 3.63) is 53.8 Å². The third kappa shape index (κ3) is 2.22. The lowest BCUT2D eigenvalue weighted by atomic mass is 9.88. The zero-order valence-electron chi connectivity index (χ0n) is 10.3. The molecule has 2 aliphatic rings. The van der Waals surface area contributed by atoms with Crippen molar-refractivity contribution in [2.24, 2.45) is 4.99 Å². The number of carbonyl (C=O) groups excluding carboxylic acids is 1. The lowest BCUT2D eigenvalue weighted by Gasteiger charge is -2.16. The number of rotatable bonds is 2. The highest BCUT2D eigenvalue weighted by atomic mass is 35.5. The number of carbonyl (C=O) groups is 1. The van der Waals surface area contributed by atoms with Gasteiger partial charge in [-0.05, 0) is 29.7 Å². The first kappa shape index (κ1) is 12.2. The highest BCUT2D eigenvalue weighted by Crippen LogP contribution is 2.36. The number of para-hydroxylation sites is 1. The number of hydrogen-bond acceptors (Lipinski definition) is 3. The topological polar surface area (TPSA) is 41.5 Å². The summed E-state index contributed by atoms with van der Waals surface area (Å²) in [5.74, 6) is 0.681. The van der Waals surface area contributed by atoms with E-state index in [1.165, 1.54) is 0 Å². The molecule has 0 fully saturated rings. The highest BCUT2D eigenvalue weighted by Gasteiger charge is 2.28. The first-order valence-corrected chi connectivity index (χ1v) is 6.72. The van der Waals surface area contributed by atoms with Crippen LogP contribution in [0.1, 0.15) is 17.9 Å². The molecule has 19 heavy (non-hydrogen) atoms. The molecular formula is C15H13ClN2O. The maximum atomic E-state index is 12.1. The van der Waals surface area contributed by atoms with Gasteiger partial charge in [-0.3, -0.25) is 4.79 Å². The van der Waals surface area contributed by atoms with Crippen molar-refractivity contribution in [3.8, 4) is 0 Å². The molecule has 3 rings (SSSR count). The first-order valence-electron chi connectivity index (χ1n) is 6.18. The van der Waals surface area contributed by atoms with Crippen LogP contribution in [0.4, 0.5) is 5.69 Å². The quantitative estimate of drug-likeness (QED) is 0.841. The van der Waals surface area contributed by atoms with Crippen LogP contribution in [0.2, 0.25) is 0 Å². The molecule has 1 unspecified atom stereocenters. The summed E-state index contributed by atoms with van der Waals surface area (Å²) >= 11 is 5.74. The molecule has 1 N–H and O–H groups in total. The maximum Gasteiger partial charge on any atom is 0.155 e. The van der Waals surface area contributed by atoms with Crippen molar-refractivity contribution >= 4 is 28.9 Å². The molecule has 0 aromatic heterocycles.